The van der Waals surface area contributed by atoms with E-state index in [0.29, 0.717) is 26.1 Å². The lowest BCUT2D eigenvalue weighted by atomic mass is 10.2. The molecule has 2 amide bonds. The second-order valence-corrected chi connectivity index (χ2v) is 4.94. The number of amides is 2. The van der Waals surface area contributed by atoms with Crippen LogP contribution in [0, 0.1) is 0 Å². The van der Waals surface area contributed by atoms with E-state index in [1.165, 1.54) is 0 Å². The SMILES string of the molecule is COCCNC(=O)CNC(=O)CCn1ccc2ccccc21. The van der Waals surface area contributed by atoms with Gasteiger partial charge < -0.3 is 19.9 Å². The van der Waals surface area contributed by atoms with Crippen LogP contribution in [-0.2, 0) is 20.9 Å². The number of benzene rings is 1. The molecule has 0 fully saturated rings. The minimum absolute atomic E-state index is 0.00499. The van der Waals surface area contributed by atoms with E-state index >= 15 is 0 Å². The molecule has 2 rings (SSSR count). The highest BCUT2D eigenvalue weighted by Gasteiger charge is 2.06. The molecule has 0 aliphatic heterocycles. The highest BCUT2D eigenvalue weighted by Crippen LogP contribution is 2.15. The van der Waals surface area contributed by atoms with Crippen LogP contribution in [0.25, 0.3) is 10.9 Å². The topological polar surface area (TPSA) is 72.4 Å². The molecule has 22 heavy (non-hydrogen) atoms. The Morgan fingerprint density at radius 3 is 2.77 bits per heavy atom. The molecule has 2 N–H and O–H groups in total. The fourth-order valence-corrected chi connectivity index (χ4v) is 2.18. The molecular weight excluding hydrogens is 282 g/mol. The number of nitrogens with zero attached hydrogens (tertiary/aromatic N) is 1. The second-order valence-electron chi connectivity index (χ2n) is 4.94. The number of carbonyl (C=O) groups excluding carboxylic acids is 2. The Labute approximate surface area is 129 Å². The number of carbonyl (C=O) groups is 2. The number of fused-ring (bicyclic) bond motifs is 1. The molecule has 0 bridgehead atoms. The summed E-state index contributed by atoms with van der Waals surface area (Å²) >= 11 is 0. The smallest absolute Gasteiger partial charge is 0.239 e. The maximum absolute atomic E-state index is 11.8. The summed E-state index contributed by atoms with van der Waals surface area (Å²) in [4.78, 5) is 23.2. The molecule has 1 heterocycles. The first-order valence-electron chi connectivity index (χ1n) is 7.27. The van der Waals surface area contributed by atoms with Crippen LogP contribution in [0.15, 0.2) is 36.5 Å². The number of aryl methyl sites for hydroxylation is 1. The Balaban J connectivity index is 1.73. The molecule has 0 aliphatic rings. The molecule has 0 saturated carbocycles. The van der Waals surface area contributed by atoms with Crippen LogP contribution < -0.4 is 10.6 Å². The standard InChI is InChI=1S/C16H21N3O3/c1-22-11-8-17-16(21)12-18-15(20)7-10-19-9-6-13-4-2-3-5-14(13)19/h2-6,9H,7-8,10-12H2,1H3,(H,17,21)(H,18,20). The van der Waals surface area contributed by atoms with Gasteiger partial charge >= 0.3 is 0 Å². The lowest BCUT2D eigenvalue weighted by molar-refractivity contribution is -0.126. The highest BCUT2D eigenvalue weighted by molar-refractivity contribution is 5.85. The molecule has 0 atom stereocenters. The predicted molar refractivity (Wildman–Crippen MR) is 84.5 cm³/mol. The van der Waals surface area contributed by atoms with Crippen molar-refractivity contribution in [2.45, 2.75) is 13.0 Å². The first kappa shape index (κ1) is 16.0. The molecule has 1 aromatic heterocycles. The van der Waals surface area contributed by atoms with Gasteiger partial charge in [-0.05, 0) is 17.5 Å². The van der Waals surface area contributed by atoms with Crippen molar-refractivity contribution in [1.82, 2.24) is 15.2 Å². The van der Waals surface area contributed by atoms with Crippen molar-refractivity contribution in [2.75, 3.05) is 26.8 Å². The summed E-state index contributed by atoms with van der Waals surface area (Å²) in [6.07, 6.45) is 2.30. The van der Waals surface area contributed by atoms with Gasteiger partial charge in [0, 0.05) is 38.3 Å². The second kappa shape index (κ2) is 8.19. The number of nitrogens with one attached hydrogen (secondary N) is 2. The first-order chi connectivity index (χ1) is 10.7. The maximum atomic E-state index is 11.8. The van der Waals surface area contributed by atoms with Crippen LogP contribution in [0.3, 0.4) is 0 Å². The molecule has 1 aromatic carbocycles. The van der Waals surface area contributed by atoms with Crippen LogP contribution in [0.1, 0.15) is 6.42 Å². The Morgan fingerprint density at radius 2 is 1.95 bits per heavy atom. The van der Waals surface area contributed by atoms with E-state index in [9.17, 15) is 9.59 Å². The monoisotopic (exact) mass is 303 g/mol. The molecule has 6 heteroatoms. The van der Waals surface area contributed by atoms with Crippen LogP contribution in [0.4, 0.5) is 0 Å². The van der Waals surface area contributed by atoms with Crippen molar-refractivity contribution in [1.29, 1.82) is 0 Å². The third-order valence-corrected chi connectivity index (χ3v) is 3.33. The summed E-state index contributed by atoms with van der Waals surface area (Å²) < 4.78 is 6.86. The fourth-order valence-electron chi connectivity index (χ4n) is 2.18. The van der Waals surface area contributed by atoms with Gasteiger partial charge in [-0.2, -0.15) is 0 Å². The van der Waals surface area contributed by atoms with Gasteiger partial charge in [-0.3, -0.25) is 9.59 Å². The van der Waals surface area contributed by atoms with Gasteiger partial charge in [0.25, 0.3) is 0 Å². The average molecular weight is 303 g/mol. The third kappa shape index (κ3) is 4.60. The number of para-hydroxylation sites is 1. The largest absolute Gasteiger partial charge is 0.383 e. The van der Waals surface area contributed by atoms with Crippen LogP contribution in [0.2, 0.25) is 0 Å². The zero-order valence-electron chi connectivity index (χ0n) is 12.7. The summed E-state index contributed by atoms with van der Waals surface area (Å²) in [7, 11) is 1.57. The lowest BCUT2D eigenvalue weighted by Crippen LogP contribution is -2.38. The van der Waals surface area contributed by atoms with E-state index in [0.717, 1.165) is 10.9 Å². The van der Waals surface area contributed by atoms with Gasteiger partial charge in [-0.25, -0.2) is 0 Å². The molecule has 2 aromatic rings. The predicted octanol–water partition coefficient (Wildman–Crippen LogP) is 0.910. The van der Waals surface area contributed by atoms with Gasteiger partial charge in [0.2, 0.25) is 11.8 Å². The minimum Gasteiger partial charge on any atom is -0.383 e. The van der Waals surface area contributed by atoms with Gasteiger partial charge in [0.05, 0.1) is 13.2 Å². The molecular formula is C16H21N3O3. The number of ether oxygens (including phenoxy) is 1. The Kier molecular flexibility index (Phi) is 5.97. The zero-order valence-corrected chi connectivity index (χ0v) is 12.7. The molecule has 0 unspecified atom stereocenters. The number of methoxy groups -OCH3 is 1. The molecule has 118 valence electrons. The molecule has 0 radical (unpaired) electrons. The van der Waals surface area contributed by atoms with Gasteiger partial charge in [0.15, 0.2) is 0 Å². The molecule has 0 aliphatic carbocycles. The summed E-state index contributed by atoms with van der Waals surface area (Å²) in [6, 6.07) is 10.0. The third-order valence-electron chi connectivity index (χ3n) is 3.33. The number of rotatable bonds is 8. The number of hydrogen-bond acceptors (Lipinski definition) is 3. The van der Waals surface area contributed by atoms with Crippen molar-refractivity contribution < 1.29 is 14.3 Å². The van der Waals surface area contributed by atoms with Gasteiger partial charge in [0.1, 0.15) is 0 Å². The highest BCUT2D eigenvalue weighted by atomic mass is 16.5. The molecule has 0 saturated heterocycles. The first-order valence-corrected chi connectivity index (χ1v) is 7.27. The Bertz CT molecular complexity index is 636. The fraction of sp³-hybridized carbons (Fsp3) is 0.375. The zero-order chi connectivity index (χ0) is 15.8. The van der Waals surface area contributed by atoms with Crippen molar-refractivity contribution >= 4 is 22.7 Å². The molecule has 6 nitrogen and oxygen atoms in total. The van der Waals surface area contributed by atoms with E-state index < -0.39 is 0 Å². The summed E-state index contributed by atoms with van der Waals surface area (Å²) in [5, 5.41) is 6.42. The lowest BCUT2D eigenvalue weighted by Gasteiger charge is -2.08. The molecule has 0 spiro atoms. The number of hydrogen-bond donors (Lipinski definition) is 2. The van der Waals surface area contributed by atoms with Crippen molar-refractivity contribution in [2.24, 2.45) is 0 Å². The summed E-state index contributed by atoms with van der Waals surface area (Å²) in [6.45, 7) is 1.49. The van der Waals surface area contributed by atoms with Gasteiger partial charge in [-0.1, -0.05) is 18.2 Å². The number of aromatic nitrogens is 1. The summed E-state index contributed by atoms with van der Waals surface area (Å²) in [5.41, 5.74) is 1.10. The van der Waals surface area contributed by atoms with E-state index in [2.05, 4.69) is 10.6 Å². The average Bonchev–Trinajstić information content (AvgIpc) is 2.94. The Hall–Kier alpha value is -2.34. The van der Waals surface area contributed by atoms with E-state index in [1.54, 1.807) is 7.11 Å². The van der Waals surface area contributed by atoms with Crippen molar-refractivity contribution in [3.05, 3.63) is 36.5 Å². The van der Waals surface area contributed by atoms with Crippen LogP contribution in [0.5, 0.6) is 0 Å². The van der Waals surface area contributed by atoms with Crippen molar-refractivity contribution in [3.8, 4) is 0 Å². The Morgan fingerprint density at radius 1 is 1.14 bits per heavy atom. The summed E-state index contributed by atoms with van der Waals surface area (Å²) in [5.74, 6) is -0.350. The van der Waals surface area contributed by atoms with E-state index in [4.69, 9.17) is 4.74 Å². The normalized spacial score (nSPS) is 10.6. The van der Waals surface area contributed by atoms with E-state index in [-0.39, 0.29) is 18.4 Å². The van der Waals surface area contributed by atoms with E-state index in [1.807, 2.05) is 41.1 Å². The maximum Gasteiger partial charge on any atom is 0.239 e. The van der Waals surface area contributed by atoms with Crippen LogP contribution >= 0.6 is 0 Å². The van der Waals surface area contributed by atoms with Crippen LogP contribution in [-0.4, -0.2) is 43.2 Å². The quantitative estimate of drug-likeness (QED) is 0.712. The van der Waals surface area contributed by atoms with Gasteiger partial charge in [-0.15, -0.1) is 0 Å². The minimum atomic E-state index is -0.211. The van der Waals surface area contributed by atoms with Crippen molar-refractivity contribution in [3.63, 3.8) is 0 Å².